The van der Waals surface area contributed by atoms with Crippen LogP contribution in [0.15, 0.2) is 36.0 Å². The van der Waals surface area contributed by atoms with E-state index in [1.165, 1.54) is 12.0 Å². The summed E-state index contributed by atoms with van der Waals surface area (Å²) < 4.78 is 0. The highest BCUT2D eigenvalue weighted by Gasteiger charge is 2.12. The van der Waals surface area contributed by atoms with Crippen LogP contribution >= 0.6 is 0 Å². The molecule has 0 heterocycles. The molecule has 0 saturated carbocycles. The highest BCUT2D eigenvalue weighted by molar-refractivity contribution is 5.28. The van der Waals surface area contributed by atoms with Crippen molar-refractivity contribution in [2.75, 3.05) is 0 Å². The summed E-state index contributed by atoms with van der Waals surface area (Å²) in [5, 5.41) is 0. The molecule has 0 unspecified atom stereocenters. The van der Waals surface area contributed by atoms with Crippen LogP contribution in [0.1, 0.15) is 41.0 Å². The van der Waals surface area contributed by atoms with Crippen molar-refractivity contribution in [1.82, 2.24) is 0 Å². The topological polar surface area (TPSA) is 0 Å². The zero-order valence-corrected chi connectivity index (χ0v) is 10.9. The van der Waals surface area contributed by atoms with Crippen LogP contribution in [-0.2, 0) is 0 Å². The molecular formula is C15H25. The van der Waals surface area contributed by atoms with Gasteiger partial charge in [-0.2, -0.15) is 0 Å². The largest absolute Gasteiger partial charge is 0.0817 e. The Balaban J connectivity index is 4.34. The maximum atomic E-state index is 3.85. The van der Waals surface area contributed by atoms with E-state index >= 15 is 0 Å². The van der Waals surface area contributed by atoms with Crippen LogP contribution in [0.4, 0.5) is 0 Å². The lowest BCUT2D eigenvalue weighted by atomic mass is 9.86. The molecule has 15 heavy (non-hydrogen) atoms. The van der Waals surface area contributed by atoms with Crippen LogP contribution in [0.3, 0.4) is 0 Å². The highest BCUT2D eigenvalue weighted by atomic mass is 14.2. The first-order valence-electron chi connectivity index (χ1n) is 5.76. The van der Waals surface area contributed by atoms with Crippen LogP contribution in [0.2, 0.25) is 0 Å². The Morgan fingerprint density at radius 3 is 2.27 bits per heavy atom. The van der Waals surface area contributed by atoms with Gasteiger partial charge < -0.3 is 0 Å². The third-order valence-corrected chi connectivity index (χ3v) is 2.56. The normalized spacial score (nSPS) is 16.5. The zero-order chi connectivity index (χ0) is 11.9. The Morgan fingerprint density at radius 1 is 1.27 bits per heavy atom. The fourth-order valence-corrected chi connectivity index (χ4v) is 1.17. The Bertz CT molecular complexity index is 246. The average Bonchev–Trinajstić information content (AvgIpc) is 2.15. The summed E-state index contributed by atoms with van der Waals surface area (Å²) in [6, 6.07) is 0. The minimum Gasteiger partial charge on any atom is -0.0817 e. The van der Waals surface area contributed by atoms with E-state index in [-0.39, 0.29) is 5.41 Å². The molecule has 0 heteroatoms. The van der Waals surface area contributed by atoms with Crippen molar-refractivity contribution < 1.29 is 0 Å². The van der Waals surface area contributed by atoms with E-state index in [1.54, 1.807) is 0 Å². The van der Waals surface area contributed by atoms with Gasteiger partial charge >= 0.3 is 0 Å². The van der Waals surface area contributed by atoms with Crippen LogP contribution in [-0.4, -0.2) is 0 Å². The summed E-state index contributed by atoms with van der Waals surface area (Å²) in [5.74, 6) is 0.663. The maximum Gasteiger partial charge on any atom is -0.0135 e. The van der Waals surface area contributed by atoms with Gasteiger partial charge in [0.25, 0.3) is 0 Å². The standard InChI is InChI=1S/C15H25/c1-7-13(3)11-9-10-12-14(8-2)15(4,5)6/h8-13H,2,7H2,1,3-6H3/b11-9-,12-10-,14-8+/t13-/m0/s1. The molecule has 0 aromatic rings. The lowest BCUT2D eigenvalue weighted by molar-refractivity contribution is 0.517. The predicted octanol–water partition coefficient (Wildman–Crippen LogP) is 4.95. The molecule has 0 rings (SSSR count). The number of rotatable bonds is 4. The lowest BCUT2D eigenvalue weighted by Crippen LogP contribution is -2.06. The molecular weight excluding hydrogens is 180 g/mol. The highest BCUT2D eigenvalue weighted by Crippen LogP contribution is 2.25. The van der Waals surface area contributed by atoms with Crippen molar-refractivity contribution >= 4 is 0 Å². The Hall–Kier alpha value is -0.780. The Labute approximate surface area is 95.8 Å². The van der Waals surface area contributed by atoms with Gasteiger partial charge in [0.2, 0.25) is 0 Å². The van der Waals surface area contributed by atoms with Gasteiger partial charge in [0.05, 0.1) is 0 Å². The fraction of sp³-hybridized carbons (Fsp3) is 0.533. The zero-order valence-electron chi connectivity index (χ0n) is 10.9. The summed E-state index contributed by atoms with van der Waals surface area (Å²) in [6.45, 7) is 14.9. The molecule has 0 spiro atoms. The quantitative estimate of drug-likeness (QED) is 0.569. The summed E-state index contributed by atoms with van der Waals surface area (Å²) >= 11 is 0. The molecule has 0 aliphatic heterocycles. The van der Waals surface area contributed by atoms with Crippen LogP contribution < -0.4 is 0 Å². The molecule has 0 fully saturated rings. The molecule has 0 saturated heterocycles. The summed E-state index contributed by atoms with van der Waals surface area (Å²) in [7, 11) is 0. The summed E-state index contributed by atoms with van der Waals surface area (Å²) in [4.78, 5) is 0. The van der Waals surface area contributed by atoms with Gasteiger partial charge in [-0.15, -0.1) is 0 Å². The van der Waals surface area contributed by atoms with Gasteiger partial charge in [-0.3, -0.25) is 0 Å². The average molecular weight is 205 g/mol. The Kier molecular flexibility index (Phi) is 6.31. The monoisotopic (exact) mass is 205 g/mol. The number of hydrogen-bond acceptors (Lipinski definition) is 0. The van der Waals surface area contributed by atoms with E-state index in [2.05, 4.69) is 65.8 Å². The van der Waals surface area contributed by atoms with Crippen molar-refractivity contribution in [3.8, 4) is 0 Å². The van der Waals surface area contributed by atoms with Crippen LogP contribution in [0.5, 0.6) is 0 Å². The second-order valence-corrected chi connectivity index (χ2v) is 5.04. The summed E-state index contributed by atoms with van der Waals surface area (Å²) in [5.41, 5.74) is 1.46. The van der Waals surface area contributed by atoms with Gasteiger partial charge in [-0.1, -0.05) is 71.4 Å². The number of allylic oxidation sites excluding steroid dienone is 6. The van der Waals surface area contributed by atoms with E-state index < -0.39 is 0 Å². The smallest absolute Gasteiger partial charge is 0.0135 e. The van der Waals surface area contributed by atoms with Gasteiger partial charge in [0, 0.05) is 0 Å². The molecule has 0 N–H and O–H groups in total. The fourth-order valence-electron chi connectivity index (χ4n) is 1.17. The van der Waals surface area contributed by atoms with Crippen molar-refractivity contribution in [3.63, 3.8) is 0 Å². The minimum atomic E-state index is 0.183. The second-order valence-electron chi connectivity index (χ2n) is 5.04. The first-order chi connectivity index (χ1) is 6.91. The van der Waals surface area contributed by atoms with Crippen LogP contribution in [0.25, 0.3) is 0 Å². The van der Waals surface area contributed by atoms with E-state index in [4.69, 9.17) is 0 Å². The molecule has 0 aliphatic carbocycles. The molecule has 0 aromatic carbocycles. The van der Waals surface area contributed by atoms with Crippen molar-refractivity contribution in [2.24, 2.45) is 11.3 Å². The maximum absolute atomic E-state index is 3.85. The van der Waals surface area contributed by atoms with E-state index in [9.17, 15) is 0 Å². The van der Waals surface area contributed by atoms with Crippen molar-refractivity contribution in [1.29, 1.82) is 0 Å². The molecule has 0 aromatic heterocycles. The Morgan fingerprint density at radius 2 is 1.87 bits per heavy atom. The molecule has 1 radical (unpaired) electrons. The van der Waals surface area contributed by atoms with Gasteiger partial charge in [-0.05, 0) is 23.8 Å². The number of hydrogen-bond donors (Lipinski definition) is 0. The van der Waals surface area contributed by atoms with Crippen molar-refractivity contribution in [3.05, 3.63) is 42.9 Å². The second kappa shape index (κ2) is 6.66. The third kappa shape index (κ3) is 6.33. The molecule has 0 amide bonds. The minimum absolute atomic E-state index is 0.183. The van der Waals surface area contributed by atoms with E-state index in [1.807, 2.05) is 6.08 Å². The van der Waals surface area contributed by atoms with Gasteiger partial charge in [-0.25, -0.2) is 0 Å². The van der Waals surface area contributed by atoms with Crippen LogP contribution in [0, 0.1) is 18.3 Å². The third-order valence-electron chi connectivity index (χ3n) is 2.56. The summed E-state index contributed by atoms with van der Waals surface area (Å²) in [6.07, 6.45) is 11.7. The van der Waals surface area contributed by atoms with Gasteiger partial charge in [0.15, 0.2) is 0 Å². The van der Waals surface area contributed by atoms with E-state index in [0.717, 1.165) is 0 Å². The SMILES string of the molecule is [CH2]\C=C(/C=C\C=C/[C@@H](C)CC)C(C)(C)C. The molecule has 1 atom stereocenters. The lowest BCUT2D eigenvalue weighted by Gasteiger charge is -2.19. The molecule has 85 valence electrons. The molecule has 0 nitrogen and oxygen atoms in total. The molecule has 0 bridgehead atoms. The van der Waals surface area contributed by atoms with Gasteiger partial charge in [0.1, 0.15) is 0 Å². The first kappa shape index (κ1) is 14.2. The molecule has 0 aliphatic rings. The van der Waals surface area contributed by atoms with E-state index in [0.29, 0.717) is 5.92 Å². The predicted molar refractivity (Wildman–Crippen MR) is 70.6 cm³/mol. The first-order valence-corrected chi connectivity index (χ1v) is 5.76. The van der Waals surface area contributed by atoms with Crippen molar-refractivity contribution in [2.45, 2.75) is 41.0 Å².